The highest BCUT2D eigenvalue weighted by atomic mass is 16.2. The summed E-state index contributed by atoms with van der Waals surface area (Å²) >= 11 is 0. The highest BCUT2D eigenvalue weighted by Gasteiger charge is 2.25. The Hall–Kier alpha value is -3.66. The lowest BCUT2D eigenvalue weighted by atomic mass is 10.0. The van der Waals surface area contributed by atoms with Crippen LogP contribution in [0.15, 0.2) is 66.2 Å². The summed E-state index contributed by atoms with van der Waals surface area (Å²) in [6.07, 6.45) is 3.66. The third-order valence-corrected chi connectivity index (χ3v) is 5.13. The first-order chi connectivity index (χ1) is 14.0. The summed E-state index contributed by atoms with van der Waals surface area (Å²) in [5.74, 6) is -0.0974. The molecule has 1 amide bonds. The standard InChI is InChI=1S/C25H23N3O/c1-5-21(27-22-9-7-6-8-15(22)2)18-10-11-19-20(25(29)28-24(19)13-18)14-23-16(3)12-17(4)26-23/h5-14,26H,1H2,2-4H3,(H,28,29)/b20-14-,27-21+. The van der Waals surface area contributed by atoms with Crippen LogP contribution >= 0.6 is 0 Å². The number of benzene rings is 2. The molecule has 1 aromatic heterocycles. The van der Waals surface area contributed by atoms with Crippen LogP contribution in [-0.4, -0.2) is 16.6 Å². The molecule has 144 valence electrons. The predicted molar refractivity (Wildman–Crippen MR) is 121 cm³/mol. The number of hydrogen-bond donors (Lipinski definition) is 2. The normalized spacial score (nSPS) is 14.8. The number of rotatable bonds is 4. The summed E-state index contributed by atoms with van der Waals surface area (Å²) < 4.78 is 0. The number of H-pyrrole nitrogens is 1. The second-order valence-electron chi connectivity index (χ2n) is 7.31. The highest BCUT2D eigenvalue weighted by Crippen LogP contribution is 2.34. The number of fused-ring (bicyclic) bond motifs is 1. The molecule has 1 aliphatic heterocycles. The van der Waals surface area contributed by atoms with Gasteiger partial charge in [-0.3, -0.25) is 4.79 Å². The van der Waals surface area contributed by atoms with E-state index in [1.165, 1.54) is 0 Å². The van der Waals surface area contributed by atoms with Crippen molar-refractivity contribution in [2.75, 3.05) is 5.32 Å². The molecular weight excluding hydrogens is 358 g/mol. The first-order valence-electron chi connectivity index (χ1n) is 9.57. The lowest BCUT2D eigenvalue weighted by molar-refractivity contribution is -0.110. The smallest absolute Gasteiger partial charge is 0.256 e. The highest BCUT2D eigenvalue weighted by molar-refractivity contribution is 6.35. The maximum absolute atomic E-state index is 12.6. The molecule has 0 atom stereocenters. The molecular formula is C25H23N3O. The van der Waals surface area contributed by atoms with Crippen molar-refractivity contribution in [2.24, 2.45) is 4.99 Å². The molecule has 0 unspecified atom stereocenters. The van der Waals surface area contributed by atoms with Gasteiger partial charge in [0.1, 0.15) is 0 Å². The number of hydrogen-bond acceptors (Lipinski definition) is 2. The molecule has 2 N–H and O–H groups in total. The van der Waals surface area contributed by atoms with E-state index in [0.717, 1.165) is 50.7 Å². The lowest BCUT2D eigenvalue weighted by Gasteiger charge is -2.07. The second-order valence-corrected chi connectivity index (χ2v) is 7.31. The van der Waals surface area contributed by atoms with Crippen molar-refractivity contribution in [1.29, 1.82) is 0 Å². The van der Waals surface area contributed by atoms with Gasteiger partial charge >= 0.3 is 0 Å². The van der Waals surface area contributed by atoms with E-state index in [9.17, 15) is 4.79 Å². The zero-order valence-electron chi connectivity index (χ0n) is 16.8. The van der Waals surface area contributed by atoms with E-state index < -0.39 is 0 Å². The first kappa shape index (κ1) is 18.7. The van der Waals surface area contributed by atoms with E-state index in [1.54, 1.807) is 6.08 Å². The fraction of sp³-hybridized carbons (Fsp3) is 0.120. The molecule has 4 nitrogen and oxygen atoms in total. The van der Waals surface area contributed by atoms with Gasteiger partial charge in [-0.25, -0.2) is 4.99 Å². The summed E-state index contributed by atoms with van der Waals surface area (Å²) in [6.45, 7) is 9.99. The van der Waals surface area contributed by atoms with E-state index in [-0.39, 0.29) is 5.91 Å². The molecule has 29 heavy (non-hydrogen) atoms. The number of aromatic amines is 1. The number of para-hydroxylation sites is 1. The van der Waals surface area contributed by atoms with Gasteiger partial charge in [-0.05, 0) is 62.2 Å². The van der Waals surface area contributed by atoms with Crippen LogP contribution < -0.4 is 5.32 Å². The van der Waals surface area contributed by atoms with Gasteiger partial charge in [-0.1, -0.05) is 36.9 Å². The molecule has 0 spiro atoms. The van der Waals surface area contributed by atoms with Gasteiger partial charge in [0.05, 0.1) is 17.0 Å². The Balaban J connectivity index is 1.74. The Morgan fingerprint density at radius 3 is 2.52 bits per heavy atom. The van der Waals surface area contributed by atoms with Crippen LogP contribution in [0.1, 0.15) is 33.6 Å². The van der Waals surface area contributed by atoms with Gasteiger partial charge < -0.3 is 10.3 Å². The van der Waals surface area contributed by atoms with E-state index in [0.29, 0.717) is 5.57 Å². The van der Waals surface area contributed by atoms with Gasteiger partial charge in [0.15, 0.2) is 0 Å². The molecule has 0 radical (unpaired) electrons. The lowest BCUT2D eigenvalue weighted by Crippen LogP contribution is -2.04. The third kappa shape index (κ3) is 3.57. The fourth-order valence-electron chi connectivity index (χ4n) is 3.59. The molecule has 3 aromatic rings. The Kier molecular flexibility index (Phi) is 4.77. The minimum Gasteiger partial charge on any atom is -0.359 e. The third-order valence-electron chi connectivity index (χ3n) is 5.13. The number of amides is 1. The fourth-order valence-corrected chi connectivity index (χ4v) is 3.59. The van der Waals surface area contributed by atoms with Crippen molar-refractivity contribution in [2.45, 2.75) is 20.8 Å². The number of carbonyl (C=O) groups is 1. The van der Waals surface area contributed by atoms with Gasteiger partial charge in [-0.15, -0.1) is 0 Å². The molecule has 0 fully saturated rings. The van der Waals surface area contributed by atoms with Crippen molar-refractivity contribution >= 4 is 34.6 Å². The van der Waals surface area contributed by atoms with Crippen LogP contribution in [0.4, 0.5) is 11.4 Å². The van der Waals surface area contributed by atoms with Crippen molar-refractivity contribution in [3.8, 4) is 0 Å². The first-order valence-corrected chi connectivity index (χ1v) is 9.57. The molecule has 4 heteroatoms. The maximum Gasteiger partial charge on any atom is 0.256 e. The molecule has 0 saturated heterocycles. The summed E-state index contributed by atoms with van der Waals surface area (Å²) in [4.78, 5) is 20.7. The van der Waals surface area contributed by atoms with Crippen molar-refractivity contribution in [1.82, 2.24) is 4.98 Å². The Bertz CT molecular complexity index is 1190. The number of aliphatic imine (C=N–C) groups is 1. The summed E-state index contributed by atoms with van der Waals surface area (Å²) in [7, 11) is 0. The second kappa shape index (κ2) is 7.40. The molecule has 1 aliphatic rings. The largest absolute Gasteiger partial charge is 0.359 e. The van der Waals surface area contributed by atoms with E-state index in [2.05, 4.69) is 22.9 Å². The predicted octanol–water partition coefficient (Wildman–Crippen LogP) is 5.74. The summed E-state index contributed by atoms with van der Waals surface area (Å²) in [5.41, 5.74) is 9.18. The minimum atomic E-state index is -0.0974. The van der Waals surface area contributed by atoms with Gasteiger partial charge in [0.25, 0.3) is 5.91 Å². The van der Waals surface area contributed by atoms with E-state index >= 15 is 0 Å². The SMILES string of the molecule is C=C/C(=N\c1ccccc1C)c1ccc2c(c1)NC(=O)/C2=C\c1[nH]c(C)cc1C. The molecule has 0 saturated carbocycles. The maximum atomic E-state index is 12.6. The number of aromatic nitrogens is 1. The number of aryl methyl sites for hydroxylation is 3. The van der Waals surface area contributed by atoms with Crippen LogP contribution in [0.2, 0.25) is 0 Å². The van der Waals surface area contributed by atoms with E-state index in [4.69, 9.17) is 4.99 Å². The number of nitrogens with zero attached hydrogens (tertiary/aromatic N) is 1. The van der Waals surface area contributed by atoms with Crippen molar-refractivity contribution < 1.29 is 4.79 Å². The quantitative estimate of drug-likeness (QED) is 0.439. The topological polar surface area (TPSA) is 57.2 Å². The minimum absolute atomic E-state index is 0.0974. The number of carbonyl (C=O) groups excluding carboxylic acids is 1. The monoisotopic (exact) mass is 381 g/mol. The van der Waals surface area contributed by atoms with Crippen molar-refractivity contribution in [3.63, 3.8) is 0 Å². The zero-order chi connectivity index (χ0) is 20.5. The van der Waals surface area contributed by atoms with Crippen LogP contribution in [0.5, 0.6) is 0 Å². The van der Waals surface area contributed by atoms with Gasteiger partial charge in [-0.2, -0.15) is 0 Å². The molecule has 2 heterocycles. The van der Waals surface area contributed by atoms with Crippen LogP contribution in [0.3, 0.4) is 0 Å². The average Bonchev–Trinajstić information content (AvgIpc) is 3.18. The van der Waals surface area contributed by atoms with Crippen LogP contribution in [0, 0.1) is 20.8 Å². The summed E-state index contributed by atoms with van der Waals surface area (Å²) in [5, 5.41) is 2.98. The number of allylic oxidation sites excluding steroid dienone is 1. The van der Waals surface area contributed by atoms with Gasteiger partial charge in [0.2, 0.25) is 0 Å². The van der Waals surface area contributed by atoms with E-state index in [1.807, 2.05) is 69.3 Å². The van der Waals surface area contributed by atoms with Crippen LogP contribution in [-0.2, 0) is 4.79 Å². The molecule has 2 aromatic carbocycles. The average molecular weight is 381 g/mol. The molecule has 0 aliphatic carbocycles. The Labute approximate surface area is 170 Å². The molecule has 4 rings (SSSR count). The Morgan fingerprint density at radius 2 is 1.83 bits per heavy atom. The van der Waals surface area contributed by atoms with Crippen molar-refractivity contribution in [3.05, 3.63) is 94.8 Å². The zero-order valence-corrected chi connectivity index (χ0v) is 16.8. The van der Waals surface area contributed by atoms with Crippen LogP contribution in [0.25, 0.3) is 11.6 Å². The number of anilines is 1. The van der Waals surface area contributed by atoms with Gasteiger partial charge in [0, 0.05) is 28.2 Å². The number of nitrogens with one attached hydrogen (secondary N) is 2. The summed E-state index contributed by atoms with van der Waals surface area (Å²) in [6, 6.07) is 16.0. The molecule has 0 bridgehead atoms. The Morgan fingerprint density at radius 1 is 1.03 bits per heavy atom.